The van der Waals surface area contributed by atoms with Gasteiger partial charge in [-0.2, -0.15) is 0 Å². The fraction of sp³-hybridized carbons (Fsp3) is 0.0645. The SMILES string of the molecule is Cc1ccc(/C=C2\SC(=O)N(CC(=O)Nc3ccc(C(=O)/C=C/c4cc5ccccc5nc4Cl)cc3)C2=O)cc1. The van der Waals surface area contributed by atoms with Crippen LogP contribution in [0.5, 0.6) is 0 Å². The summed E-state index contributed by atoms with van der Waals surface area (Å²) in [5.41, 5.74) is 4.10. The molecule has 0 spiro atoms. The van der Waals surface area contributed by atoms with Gasteiger partial charge in [0.05, 0.1) is 10.4 Å². The van der Waals surface area contributed by atoms with Gasteiger partial charge in [-0.05, 0) is 78.9 Å². The molecule has 198 valence electrons. The first kappa shape index (κ1) is 27.1. The average molecular weight is 568 g/mol. The number of para-hydroxylation sites is 1. The lowest BCUT2D eigenvalue weighted by Crippen LogP contribution is -2.36. The van der Waals surface area contributed by atoms with Crippen LogP contribution in [0.4, 0.5) is 10.5 Å². The Morgan fingerprint density at radius 1 is 1.00 bits per heavy atom. The minimum atomic E-state index is -0.531. The Hall–Kier alpha value is -4.53. The topological polar surface area (TPSA) is 96.4 Å². The second kappa shape index (κ2) is 11.7. The van der Waals surface area contributed by atoms with Gasteiger partial charge in [0, 0.05) is 22.2 Å². The Balaban J connectivity index is 1.19. The molecule has 0 atom stereocenters. The van der Waals surface area contributed by atoms with Crippen LogP contribution in [0.2, 0.25) is 5.15 Å². The van der Waals surface area contributed by atoms with Crippen molar-refractivity contribution in [3.05, 3.63) is 117 Å². The summed E-state index contributed by atoms with van der Waals surface area (Å²) in [6.07, 6.45) is 4.66. The monoisotopic (exact) mass is 567 g/mol. The Kier molecular flexibility index (Phi) is 7.91. The molecule has 3 amide bonds. The average Bonchev–Trinajstić information content (AvgIpc) is 3.20. The summed E-state index contributed by atoms with van der Waals surface area (Å²) in [4.78, 5) is 55.9. The van der Waals surface area contributed by atoms with Gasteiger partial charge in [0.1, 0.15) is 11.7 Å². The van der Waals surface area contributed by atoms with E-state index in [1.54, 1.807) is 36.4 Å². The molecule has 0 radical (unpaired) electrons. The van der Waals surface area contributed by atoms with Crippen LogP contribution in [0.3, 0.4) is 0 Å². The molecular weight excluding hydrogens is 546 g/mol. The van der Waals surface area contributed by atoms with Crippen LogP contribution < -0.4 is 5.32 Å². The van der Waals surface area contributed by atoms with Crippen molar-refractivity contribution >= 4 is 74.9 Å². The molecule has 0 saturated carbocycles. The fourth-order valence-corrected chi connectivity index (χ4v) is 5.05. The van der Waals surface area contributed by atoms with Gasteiger partial charge in [-0.3, -0.25) is 24.1 Å². The van der Waals surface area contributed by atoms with Gasteiger partial charge in [-0.15, -0.1) is 0 Å². The number of carbonyl (C=O) groups excluding carboxylic acids is 4. The lowest BCUT2D eigenvalue weighted by molar-refractivity contribution is -0.127. The standard InChI is InChI=1S/C31H22ClN3O4S/c1-19-6-8-20(9-7-19)16-27-30(38)35(31(39)40-27)18-28(37)33-24-13-10-21(11-14-24)26(36)15-12-23-17-22-4-2-3-5-25(22)34-29(23)32/h2-17H,18H2,1H3,(H,33,37)/b15-12+,27-16-. The van der Waals surface area contributed by atoms with E-state index >= 15 is 0 Å². The van der Waals surface area contributed by atoms with E-state index in [-0.39, 0.29) is 10.7 Å². The first-order valence-corrected chi connectivity index (χ1v) is 13.5. The lowest BCUT2D eigenvalue weighted by Gasteiger charge is -2.12. The van der Waals surface area contributed by atoms with Crippen molar-refractivity contribution in [3.8, 4) is 0 Å². The first-order valence-electron chi connectivity index (χ1n) is 12.3. The van der Waals surface area contributed by atoms with Crippen LogP contribution in [0.15, 0.2) is 89.8 Å². The normalized spacial score (nSPS) is 14.4. The summed E-state index contributed by atoms with van der Waals surface area (Å²) >= 11 is 7.07. The van der Waals surface area contributed by atoms with Crippen molar-refractivity contribution in [2.45, 2.75) is 6.92 Å². The third-order valence-corrected chi connectivity index (χ3v) is 7.33. The van der Waals surface area contributed by atoms with Crippen LogP contribution >= 0.6 is 23.4 Å². The highest BCUT2D eigenvalue weighted by molar-refractivity contribution is 8.18. The molecule has 9 heteroatoms. The van der Waals surface area contributed by atoms with Gasteiger partial charge in [0.15, 0.2) is 5.78 Å². The van der Waals surface area contributed by atoms with Crippen molar-refractivity contribution in [2.24, 2.45) is 0 Å². The molecule has 5 rings (SSSR count). The summed E-state index contributed by atoms with van der Waals surface area (Å²) in [6, 6.07) is 23.3. The number of pyridine rings is 1. The molecule has 1 aliphatic rings. The van der Waals surface area contributed by atoms with E-state index in [0.717, 1.165) is 38.7 Å². The van der Waals surface area contributed by atoms with Crippen LogP contribution in [0.25, 0.3) is 23.1 Å². The Morgan fingerprint density at radius 2 is 1.73 bits per heavy atom. The Labute approximate surface area is 239 Å². The number of ketones is 1. The van der Waals surface area contributed by atoms with Gasteiger partial charge in [0.25, 0.3) is 11.1 Å². The number of carbonyl (C=O) groups is 4. The van der Waals surface area contributed by atoms with Crippen molar-refractivity contribution in [1.82, 2.24) is 9.88 Å². The predicted molar refractivity (Wildman–Crippen MR) is 159 cm³/mol. The summed E-state index contributed by atoms with van der Waals surface area (Å²) in [7, 11) is 0. The fourth-order valence-electron chi connectivity index (χ4n) is 4.00. The number of imide groups is 1. The highest BCUT2D eigenvalue weighted by Crippen LogP contribution is 2.32. The van der Waals surface area contributed by atoms with E-state index < -0.39 is 23.6 Å². The molecule has 1 aromatic heterocycles. The minimum Gasteiger partial charge on any atom is -0.325 e. The number of anilines is 1. The number of benzene rings is 3. The molecule has 4 aromatic rings. The van der Waals surface area contributed by atoms with Gasteiger partial charge in [-0.1, -0.05) is 59.6 Å². The van der Waals surface area contributed by atoms with Gasteiger partial charge in [-0.25, -0.2) is 4.98 Å². The Bertz CT molecular complexity index is 1710. The molecule has 1 saturated heterocycles. The largest absolute Gasteiger partial charge is 0.325 e. The van der Waals surface area contributed by atoms with E-state index in [0.29, 0.717) is 22.0 Å². The molecule has 2 heterocycles. The number of hydrogen-bond donors (Lipinski definition) is 1. The third-order valence-electron chi connectivity index (χ3n) is 6.12. The number of thioether (sulfide) groups is 1. The molecule has 3 aromatic carbocycles. The number of rotatable bonds is 7. The quantitative estimate of drug-likeness (QED) is 0.150. The smallest absolute Gasteiger partial charge is 0.294 e. The molecule has 0 aliphatic carbocycles. The minimum absolute atomic E-state index is 0.250. The zero-order valence-electron chi connectivity index (χ0n) is 21.3. The third kappa shape index (κ3) is 6.20. The first-order chi connectivity index (χ1) is 19.3. The molecule has 0 bridgehead atoms. The maximum atomic E-state index is 12.7. The number of amides is 3. The molecule has 1 N–H and O–H groups in total. The Morgan fingerprint density at radius 3 is 2.48 bits per heavy atom. The summed E-state index contributed by atoms with van der Waals surface area (Å²) in [5, 5.41) is 3.36. The van der Waals surface area contributed by atoms with Crippen LogP contribution in [-0.4, -0.2) is 39.3 Å². The zero-order chi connectivity index (χ0) is 28.2. The van der Waals surface area contributed by atoms with Gasteiger partial charge in [0.2, 0.25) is 5.91 Å². The molecule has 1 fully saturated rings. The maximum Gasteiger partial charge on any atom is 0.294 e. The highest BCUT2D eigenvalue weighted by atomic mass is 35.5. The van der Waals surface area contributed by atoms with Crippen molar-refractivity contribution in [2.75, 3.05) is 11.9 Å². The van der Waals surface area contributed by atoms with Crippen molar-refractivity contribution in [3.63, 3.8) is 0 Å². The predicted octanol–water partition coefficient (Wildman–Crippen LogP) is 6.77. The lowest BCUT2D eigenvalue weighted by atomic mass is 10.1. The summed E-state index contributed by atoms with van der Waals surface area (Å²) in [5.74, 6) is -1.29. The van der Waals surface area contributed by atoms with Gasteiger partial charge >= 0.3 is 0 Å². The van der Waals surface area contributed by atoms with E-state index in [9.17, 15) is 19.2 Å². The number of nitrogens with zero attached hydrogens (tertiary/aromatic N) is 2. The van der Waals surface area contributed by atoms with E-state index in [1.165, 1.54) is 6.08 Å². The molecule has 7 nitrogen and oxygen atoms in total. The van der Waals surface area contributed by atoms with E-state index in [2.05, 4.69) is 10.3 Å². The molecular formula is C31H22ClN3O4S. The zero-order valence-corrected chi connectivity index (χ0v) is 22.8. The van der Waals surface area contributed by atoms with Gasteiger partial charge < -0.3 is 5.32 Å². The van der Waals surface area contributed by atoms with Crippen LogP contribution in [0.1, 0.15) is 27.0 Å². The number of aryl methyl sites for hydroxylation is 1. The van der Waals surface area contributed by atoms with Crippen LogP contribution in [-0.2, 0) is 9.59 Å². The van der Waals surface area contributed by atoms with Crippen LogP contribution in [0, 0.1) is 6.92 Å². The van der Waals surface area contributed by atoms with Crippen molar-refractivity contribution < 1.29 is 19.2 Å². The van der Waals surface area contributed by atoms with E-state index in [1.807, 2.05) is 61.5 Å². The number of halogens is 1. The number of fused-ring (bicyclic) bond motifs is 1. The second-order valence-electron chi connectivity index (χ2n) is 9.06. The molecule has 1 aliphatic heterocycles. The van der Waals surface area contributed by atoms with Crippen molar-refractivity contribution in [1.29, 1.82) is 0 Å². The number of allylic oxidation sites excluding steroid dienone is 1. The number of aromatic nitrogens is 1. The molecule has 0 unspecified atom stereocenters. The van der Waals surface area contributed by atoms with E-state index in [4.69, 9.17) is 11.6 Å². The second-order valence-corrected chi connectivity index (χ2v) is 10.4. The summed E-state index contributed by atoms with van der Waals surface area (Å²) < 4.78 is 0. The maximum absolute atomic E-state index is 12.7. The summed E-state index contributed by atoms with van der Waals surface area (Å²) in [6.45, 7) is 1.54. The number of hydrogen-bond acceptors (Lipinski definition) is 6. The highest BCUT2D eigenvalue weighted by Gasteiger charge is 2.36. The molecule has 40 heavy (non-hydrogen) atoms. The number of nitrogens with one attached hydrogen (secondary N) is 1.